The summed E-state index contributed by atoms with van der Waals surface area (Å²) in [6, 6.07) is 37.1. The predicted octanol–water partition coefficient (Wildman–Crippen LogP) is 6.61. The van der Waals surface area contributed by atoms with Gasteiger partial charge in [0.15, 0.2) is 5.69 Å². The number of pyridine rings is 1. The quantitative estimate of drug-likeness (QED) is 0.122. The summed E-state index contributed by atoms with van der Waals surface area (Å²) >= 11 is 6.37. The van der Waals surface area contributed by atoms with E-state index in [1.807, 2.05) is 103 Å². The van der Waals surface area contributed by atoms with E-state index < -0.39 is 12.0 Å². The van der Waals surface area contributed by atoms with E-state index in [9.17, 15) is 10.1 Å². The van der Waals surface area contributed by atoms with Crippen molar-refractivity contribution in [3.05, 3.63) is 131 Å². The second-order valence-electron chi connectivity index (χ2n) is 7.62. The number of halogens is 1. The summed E-state index contributed by atoms with van der Waals surface area (Å²) < 4.78 is 5.36. The standard InChI is InChI=1S/C27H19ClN3O2P/c28-27-26(31(32)33)25(23-18-10-11-19-24(23)29-27)30-34(20-12-4-1-5-13-20,21-14-6-2-7-15-21)22-16-8-3-9-17-22/h1-19H. The summed E-state index contributed by atoms with van der Waals surface area (Å²) in [4.78, 5) is 16.0. The molecule has 0 amide bonds. The SMILES string of the molecule is O=[N+]([O-])c1c(Cl)nc2ccccc2c1N=P(c1ccccc1)(c1ccccc1)c1ccccc1. The molecule has 0 aliphatic heterocycles. The Morgan fingerprint density at radius 3 is 1.62 bits per heavy atom. The van der Waals surface area contributed by atoms with Gasteiger partial charge in [0.2, 0.25) is 5.15 Å². The lowest BCUT2D eigenvalue weighted by atomic mass is 10.2. The zero-order chi connectivity index (χ0) is 23.5. The third-order valence-corrected chi connectivity index (χ3v) is 9.52. The highest BCUT2D eigenvalue weighted by molar-refractivity contribution is 7.87. The van der Waals surface area contributed by atoms with Gasteiger partial charge in [-0.1, -0.05) is 121 Å². The molecule has 5 aromatic rings. The average molecular weight is 484 g/mol. The van der Waals surface area contributed by atoms with Gasteiger partial charge in [-0.15, -0.1) is 0 Å². The van der Waals surface area contributed by atoms with E-state index in [0.717, 1.165) is 15.9 Å². The molecular weight excluding hydrogens is 465 g/mol. The van der Waals surface area contributed by atoms with Gasteiger partial charge in [-0.3, -0.25) is 10.1 Å². The Balaban J connectivity index is 2.04. The predicted molar refractivity (Wildman–Crippen MR) is 141 cm³/mol. The number of nitro groups is 1. The lowest BCUT2D eigenvalue weighted by Gasteiger charge is -2.27. The molecule has 166 valence electrons. The molecule has 1 aromatic heterocycles. The first-order chi connectivity index (χ1) is 16.6. The number of para-hydroxylation sites is 1. The summed E-state index contributed by atoms with van der Waals surface area (Å²) in [5, 5.41) is 15.6. The second-order valence-corrected chi connectivity index (χ2v) is 11.0. The Hall–Kier alpha value is -3.79. The van der Waals surface area contributed by atoms with Gasteiger partial charge in [0.1, 0.15) is 0 Å². The van der Waals surface area contributed by atoms with Crippen molar-refractivity contribution in [1.82, 2.24) is 4.98 Å². The molecule has 0 N–H and O–H groups in total. The summed E-state index contributed by atoms with van der Waals surface area (Å²) in [5.41, 5.74) is 0.516. The van der Waals surface area contributed by atoms with Crippen molar-refractivity contribution in [1.29, 1.82) is 0 Å². The molecule has 0 spiro atoms. The Morgan fingerprint density at radius 1 is 0.706 bits per heavy atom. The zero-order valence-electron chi connectivity index (χ0n) is 18.0. The maximum absolute atomic E-state index is 12.2. The molecule has 0 unspecified atom stereocenters. The van der Waals surface area contributed by atoms with Gasteiger partial charge in [-0.05, 0) is 6.07 Å². The lowest BCUT2D eigenvalue weighted by molar-refractivity contribution is -0.384. The van der Waals surface area contributed by atoms with Gasteiger partial charge in [0.25, 0.3) is 0 Å². The van der Waals surface area contributed by atoms with Gasteiger partial charge in [-0.25, -0.2) is 9.73 Å². The van der Waals surface area contributed by atoms with Crippen LogP contribution in [0.5, 0.6) is 0 Å². The molecule has 1 heterocycles. The topological polar surface area (TPSA) is 68.4 Å². The minimum atomic E-state index is -2.73. The number of benzene rings is 4. The van der Waals surface area contributed by atoms with Gasteiger partial charge in [-0.2, -0.15) is 0 Å². The molecular formula is C27H19ClN3O2P. The van der Waals surface area contributed by atoms with Crippen LogP contribution in [0.3, 0.4) is 0 Å². The van der Waals surface area contributed by atoms with Gasteiger partial charge in [0.05, 0.1) is 17.5 Å². The summed E-state index contributed by atoms with van der Waals surface area (Å²) in [6.45, 7) is 0. The monoisotopic (exact) mass is 483 g/mol. The number of hydrogen-bond donors (Lipinski definition) is 0. The minimum absolute atomic E-state index is 0.172. The number of nitrogens with zero attached hydrogens (tertiary/aromatic N) is 3. The Labute approximate surface area is 201 Å². The maximum atomic E-state index is 12.2. The Bertz CT molecular complexity index is 1440. The summed E-state index contributed by atoms with van der Waals surface area (Å²) in [6.07, 6.45) is 0. The molecule has 0 radical (unpaired) electrons. The number of fused-ring (bicyclic) bond motifs is 1. The van der Waals surface area contributed by atoms with Crippen LogP contribution in [-0.4, -0.2) is 9.91 Å². The van der Waals surface area contributed by atoms with Crippen LogP contribution < -0.4 is 15.9 Å². The fourth-order valence-corrected chi connectivity index (χ4v) is 7.92. The van der Waals surface area contributed by atoms with E-state index in [4.69, 9.17) is 16.3 Å². The fourth-order valence-electron chi connectivity index (χ4n) is 4.12. The normalized spacial score (nSPS) is 11.3. The van der Waals surface area contributed by atoms with Crippen LogP contribution in [0.2, 0.25) is 5.15 Å². The largest absolute Gasteiger partial charge is 0.332 e. The molecule has 0 fully saturated rings. The van der Waals surface area contributed by atoms with Crippen molar-refractivity contribution in [2.45, 2.75) is 0 Å². The van der Waals surface area contributed by atoms with Crippen LogP contribution in [0, 0.1) is 10.1 Å². The average Bonchev–Trinajstić information content (AvgIpc) is 2.88. The zero-order valence-corrected chi connectivity index (χ0v) is 19.6. The fraction of sp³-hybridized carbons (Fsp3) is 0. The van der Waals surface area contributed by atoms with Crippen LogP contribution >= 0.6 is 18.7 Å². The first-order valence-electron chi connectivity index (χ1n) is 10.6. The first-order valence-corrected chi connectivity index (χ1v) is 12.7. The minimum Gasteiger partial charge on any atom is -0.258 e. The molecule has 0 aliphatic rings. The second kappa shape index (κ2) is 9.22. The van der Waals surface area contributed by atoms with Gasteiger partial charge in [0, 0.05) is 21.3 Å². The molecule has 5 rings (SSSR count). The van der Waals surface area contributed by atoms with Crippen LogP contribution in [0.4, 0.5) is 11.4 Å². The van der Waals surface area contributed by atoms with E-state index in [2.05, 4.69) is 4.98 Å². The van der Waals surface area contributed by atoms with E-state index in [1.165, 1.54) is 0 Å². The number of aromatic nitrogens is 1. The van der Waals surface area contributed by atoms with E-state index in [1.54, 1.807) is 12.1 Å². The van der Waals surface area contributed by atoms with Crippen molar-refractivity contribution in [3.63, 3.8) is 0 Å². The van der Waals surface area contributed by atoms with Crippen molar-refractivity contribution < 1.29 is 4.92 Å². The highest BCUT2D eigenvalue weighted by Gasteiger charge is 2.31. The maximum Gasteiger partial charge on any atom is 0.332 e. The van der Waals surface area contributed by atoms with Crippen molar-refractivity contribution in [3.8, 4) is 0 Å². The molecule has 0 aliphatic carbocycles. The van der Waals surface area contributed by atoms with Crippen LogP contribution in [0.25, 0.3) is 10.9 Å². The summed E-state index contributed by atoms with van der Waals surface area (Å²) in [7, 11) is -2.73. The van der Waals surface area contributed by atoms with Crippen LogP contribution in [-0.2, 0) is 0 Å². The lowest BCUT2D eigenvalue weighted by Crippen LogP contribution is -2.25. The molecule has 4 aromatic carbocycles. The Kier molecular flexibility index (Phi) is 5.97. The van der Waals surface area contributed by atoms with E-state index >= 15 is 0 Å². The van der Waals surface area contributed by atoms with Crippen molar-refractivity contribution in [2.24, 2.45) is 4.74 Å². The van der Waals surface area contributed by atoms with Crippen molar-refractivity contribution >= 4 is 56.8 Å². The van der Waals surface area contributed by atoms with E-state index in [-0.39, 0.29) is 16.5 Å². The third-order valence-electron chi connectivity index (χ3n) is 5.62. The molecule has 34 heavy (non-hydrogen) atoms. The molecule has 5 nitrogen and oxygen atoms in total. The summed E-state index contributed by atoms with van der Waals surface area (Å²) in [5.74, 6) is 0. The molecule has 0 saturated carbocycles. The van der Waals surface area contributed by atoms with Gasteiger partial charge < -0.3 is 0 Å². The number of hydrogen-bond acceptors (Lipinski definition) is 4. The first kappa shape index (κ1) is 22.0. The van der Waals surface area contributed by atoms with Crippen LogP contribution in [0.1, 0.15) is 0 Å². The smallest absolute Gasteiger partial charge is 0.258 e. The molecule has 0 bridgehead atoms. The highest BCUT2D eigenvalue weighted by atomic mass is 35.5. The van der Waals surface area contributed by atoms with Crippen molar-refractivity contribution in [2.75, 3.05) is 0 Å². The molecule has 0 atom stereocenters. The highest BCUT2D eigenvalue weighted by Crippen LogP contribution is 2.53. The van der Waals surface area contributed by atoms with Gasteiger partial charge >= 0.3 is 5.69 Å². The molecule has 0 saturated heterocycles. The number of rotatable bonds is 5. The van der Waals surface area contributed by atoms with E-state index in [0.29, 0.717) is 10.9 Å². The Morgan fingerprint density at radius 2 is 1.15 bits per heavy atom. The third kappa shape index (κ3) is 3.79. The van der Waals surface area contributed by atoms with Crippen LogP contribution in [0.15, 0.2) is 120 Å². The molecule has 7 heteroatoms.